The van der Waals surface area contributed by atoms with Crippen LogP contribution in [0, 0.1) is 6.92 Å². The second-order valence-electron chi connectivity index (χ2n) is 3.12. The lowest BCUT2D eigenvalue weighted by molar-refractivity contribution is -0.115. The first kappa shape index (κ1) is 9.68. The number of thioether (sulfide) groups is 1. The Balaban J connectivity index is 2.39. The second-order valence-corrected chi connectivity index (χ2v) is 4.73. The van der Waals surface area contributed by atoms with Crippen molar-refractivity contribution < 1.29 is 4.79 Å². The van der Waals surface area contributed by atoms with Gasteiger partial charge in [0.05, 0.1) is 11.4 Å². The molecule has 0 N–H and O–H groups in total. The highest BCUT2D eigenvalue weighted by molar-refractivity contribution is 8.24. The van der Waals surface area contributed by atoms with Crippen molar-refractivity contribution in [2.45, 2.75) is 6.92 Å². The number of anilines is 1. The first-order chi connectivity index (χ1) is 6.68. The van der Waals surface area contributed by atoms with Crippen molar-refractivity contribution in [1.29, 1.82) is 0 Å². The van der Waals surface area contributed by atoms with E-state index in [4.69, 9.17) is 12.2 Å². The zero-order valence-corrected chi connectivity index (χ0v) is 9.32. The van der Waals surface area contributed by atoms with Gasteiger partial charge in [0, 0.05) is 0 Å². The second kappa shape index (κ2) is 3.71. The van der Waals surface area contributed by atoms with Crippen LogP contribution in [0.2, 0.25) is 0 Å². The third kappa shape index (κ3) is 1.67. The Morgan fingerprint density at radius 3 is 2.86 bits per heavy atom. The van der Waals surface area contributed by atoms with Gasteiger partial charge in [0.15, 0.2) is 0 Å². The van der Waals surface area contributed by atoms with Crippen LogP contribution in [0.5, 0.6) is 0 Å². The molecule has 14 heavy (non-hydrogen) atoms. The van der Waals surface area contributed by atoms with Crippen molar-refractivity contribution in [3.05, 3.63) is 29.8 Å². The van der Waals surface area contributed by atoms with Crippen molar-refractivity contribution in [1.82, 2.24) is 0 Å². The predicted molar refractivity (Wildman–Crippen MR) is 63.7 cm³/mol. The number of rotatable bonds is 1. The van der Waals surface area contributed by atoms with Crippen LogP contribution in [0.4, 0.5) is 5.69 Å². The number of hydrogen-bond acceptors (Lipinski definition) is 3. The third-order valence-corrected chi connectivity index (χ3v) is 3.37. The van der Waals surface area contributed by atoms with Gasteiger partial charge in [-0.1, -0.05) is 36.1 Å². The summed E-state index contributed by atoms with van der Waals surface area (Å²) in [6.07, 6.45) is 0. The summed E-state index contributed by atoms with van der Waals surface area (Å²) in [5.74, 6) is 0.540. The van der Waals surface area contributed by atoms with Crippen LogP contribution in [-0.4, -0.2) is 16.0 Å². The van der Waals surface area contributed by atoms with Crippen LogP contribution in [0.3, 0.4) is 0 Å². The van der Waals surface area contributed by atoms with Gasteiger partial charge >= 0.3 is 0 Å². The summed E-state index contributed by atoms with van der Waals surface area (Å²) in [7, 11) is 0. The average molecular weight is 223 g/mol. The number of amides is 1. The standard InChI is InChI=1S/C10H9NOS2/c1-7-3-2-4-8(5-7)11-9(12)6-14-10(11)13/h2-5H,6H2,1H3. The summed E-state index contributed by atoms with van der Waals surface area (Å²) in [6, 6.07) is 7.81. The van der Waals surface area contributed by atoms with Crippen molar-refractivity contribution in [2.75, 3.05) is 10.7 Å². The largest absolute Gasteiger partial charge is 0.273 e. The molecule has 1 amide bonds. The SMILES string of the molecule is Cc1cccc(N2C(=O)CSC2=S)c1. The number of hydrogen-bond donors (Lipinski definition) is 0. The molecule has 0 unspecified atom stereocenters. The van der Waals surface area contributed by atoms with Crippen LogP contribution in [0.15, 0.2) is 24.3 Å². The Hall–Kier alpha value is -0.870. The summed E-state index contributed by atoms with van der Waals surface area (Å²) >= 11 is 6.53. The van der Waals surface area contributed by atoms with Crippen LogP contribution >= 0.6 is 24.0 Å². The number of thiocarbonyl (C=S) groups is 1. The van der Waals surface area contributed by atoms with Crippen LogP contribution < -0.4 is 4.90 Å². The van der Waals surface area contributed by atoms with E-state index in [2.05, 4.69) is 0 Å². The minimum Gasteiger partial charge on any atom is -0.273 e. The first-order valence-corrected chi connectivity index (χ1v) is 5.64. The van der Waals surface area contributed by atoms with Crippen molar-refractivity contribution in [2.24, 2.45) is 0 Å². The van der Waals surface area contributed by atoms with Gasteiger partial charge in [0.2, 0.25) is 5.91 Å². The van der Waals surface area contributed by atoms with E-state index in [1.54, 1.807) is 4.90 Å². The molecule has 0 aliphatic carbocycles. The monoisotopic (exact) mass is 223 g/mol. The van der Waals surface area contributed by atoms with E-state index < -0.39 is 0 Å². The summed E-state index contributed by atoms with van der Waals surface area (Å²) < 4.78 is 0.653. The molecule has 4 heteroatoms. The molecular formula is C10H9NOS2. The normalized spacial score (nSPS) is 16.5. The average Bonchev–Trinajstić information content (AvgIpc) is 2.46. The molecular weight excluding hydrogens is 214 g/mol. The highest BCUT2D eigenvalue weighted by atomic mass is 32.2. The number of carbonyl (C=O) groups excluding carboxylic acids is 1. The van der Waals surface area contributed by atoms with Crippen molar-refractivity contribution >= 4 is 39.9 Å². The summed E-state index contributed by atoms with van der Waals surface area (Å²) in [5.41, 5.74) is 2.01. The maximum atomic E-state index is 11.5. The fraction of sp³-hybridized carbons (Fsp3) is 0.200. The minimum absolute atomic E-state index is 0.0746. The molecule has 1 saturated heterocycles. The number of nitrogens with zero attached hydrogens (tertiary/aromatic N) is 1. The van der Waals surface area contributed by atoms with Crippen LogP contribution in [0.25, 0.3) is 0 Å². The van der Waals surface area contributed by atoms with Gasteiger partial charge in [-0.05, 0) is 24.6 Å². The molecule has 1 aliphatic rings. The van der Waals surface area contributed by atoms with Crippen LogP contribution in [0.1, 0.15) is 5.56 Å². The molecule has 1 fully saturated rings. The van der Waals surface area contributed by atoms with Gasteiger partial charge < -0.3 is 0 Å². The molecule has 0 bridgehead atoms. The van der Waals surface area contributed by atoms with E-state index in [9.17, 15) is 4.79 Å². The van der Waals surface area contributed by atoms with Gasteiger partial charge in [0.1, 0.15) is 4.32 Å². The molecule has 72 valence electrons. The zero-order chi connectivity index (χ0) is 10.1. The Morgan fingerprint density at radius 1 is 1.50 bits per heavy atom. The molecule has 1 aromatic carbocycles. The third-order valence-electron chi connectivity index (χ3n) is 2.01. The molecule has 0 aromatic heterocycles. The van der Waals surface area contributed by atoms with Gasteiger partial charge in [-0.3, -0.25) is 9.69 Å². The molecule has 0 saturated carbocycles. The van der Waals surface area contributed by atoms with Crippen LogP contribution in [-0.2, 0) is 4.79 Å². The lowest BCUT2D eigenvalue weighted by atomic mass is 10.2. The van der Waals surface area contributed by atoms with Gasteiger partial charge in [-0.15, -0.1) is 0 Å². The molecule has 1 aromatic rings. The molecule has 0 atom stereocenters. The maximum absolute atomic E-state index is 11.5. The van der Waals surface area contributed by atoms with Crippen molar-refractivity contribution in [3.8, 4) is 0 Å². The Kier molecular flexibility index (Phi) is 2.56. The fourth-order valence-electron chi connectivity index (χ4n) is 1.37. The lowest BCUT2D eigenvalue weighted by Crippen LogP contribution is -2.27. The Morgan fingerprint density at radius 2 is 2.29 bits per heavy atom. The minimum atomic E-state index is 0.0746. The molecule has 1 heterocycles. The van der Waals surface area contributed by atoms with Gasteiger partial charge in [0.25, 0.3) is 0 Å². The highest BCUT2D eigenvalue weighted by Crippen LogP contribution is 2.26. The first-order valence-electron chi connectivity index (χ1n) is 4.25. The summed E-state index contributed by atoms with van der Waals surface area (Å²) in [6.45, 7) is 2.00. The molecule has 2 nitrogen and oxygen atoms in total. The van der Waals surface area contributed by atoms with Gasteiger partial charge in [-0.25, -0.2) is 0 Å². The summed E-state index contributed by atoms with van der Waals surface area (Å²) in [5, 5.41) is 0. The number of benzene rings is 1. The van der Waals surface area contributed by atoms with Gasteiger partial charge in [-0.2, -0.15) is 0 Å². The number of carbonyl (C=O) groups is 1. The topological polar surface area (TPSA) is 20.3 Å². The highest BCUT2D eigenvalue weighted by Gasteiger charge is 2.27. The van der Waals surface area contributed by atoms with E-state index in [0.717, 1.165) is 11.3 Å². The quantitative estimate of drug-likeness (QED) is 0.682. The zero-order valence-electron chi connectivity index (χ0n) is 7.69. The molecule has 2 rings (SSSR count). The smallest absolute Gasteiger partial charge is 0.243 e. The Bertz CT molecular complexity index is 387. The molecule has 1 aliphatic heterocycles. The molecule has 0 spiro atoms. The summed E-state index contributed by atoms with van der Waals surface area (Å²) in [4.78, 5) is 13.1. The number of aryl methyl sites for hydroxylation is 1. The van der Waals surface area contributed by atoms with E-state index in [1.807, 2.05) is 31.2 Å². The van der Waals surface area contributed by atoms with E-state index in [-0.39, 0.29) is 5.91 Å². The van der Waals surface area contributed by atoms with E-state index in [0.29, 0.717) is 10.1 Å². The van der Waals surface area contributed by atoms with Crippen molar-refractivity contribution in [3.63, 3.8) is 0 Å². The fourth-order valence-corrected chi connectivity index (χ4v) is 2.47. The maximum Gasteiger partial charge on any atom is 0.243 e. The molecule has 0 radical (unpaired) electrons. The Labute approximate surface area is 92.3 Å². The predicted octanol–water partition coefficient (Wildman–Crippen LogP) is 2.36. The van der Waals surface area contributed by atoms with E-state index >= 15 is 0 Å². The van der Waals surface area contributed by atoms with E-state index in [1.165, 1.54) is 11.8 Å². The lowest BCUT2D eigenvalue weighted by Gasteiger charge is -2.14.